The Kier molecular flexibility index (Phi) is 4.72. The van der Waals surface area contributed by atoms with Gasteiger partial charge in [-0.3, -0.25) is 4.79 Å². The van der Waals surface area contributed by atoms with Crippen LogP contribution in [0.5, 0.6) is 0 Å². The van der Waals surface area contributed by atoms with E-state index in [1.165, 1.54) is 0 Å². The van der Waals surface area contributed by atoms with Crippen molar-refractivity contribution in [3.63, 3.8) is 0 Å². The number of nitrogens with one attached hydrogen (secondary N) is 1. The average Bonchev–Trinajstić information content (AvgIpc) is 2.97. The maximum Gasteiger partial charge on any atom is 0.246 e. The summed E-state index contributed by atoms with van der Waals surface area (Å²) in [4.78, 5) is 16.1. The maximum atomic E-state index is 11.9. The number of aryl methyl sites for hydroxylation is 2. The van der Waals surface area contributed by atoms with Crippen LogP contribution in [-0.4, -0.2) is 21.2 Å². The van der Waals surface area contributed by atoms with E-state index in [-0.39, 0.29) is 18.9 Å². The molecule has 0 aromatic carbocycles. The zero-order valence-corrected chi connectivity index (χ0v) is 12.8. The summed E-state index contributed by atoms with van der Waals surface area (Å²) in [7, 11) is 0. The number of amides is 1. The number of hydrogen-bond acceptors (Lipinski definition) is 6. The zero-order valence-electron chi connectivity index (χ0n) is 12.8. The lowest BCUT2D eigenvalue weighted by molar-refractivity contribution is -0.120. The Hall–Kier alpha value is -2.18. The molecule has 0 unspecified atom stereocenters. The largest absolute Gasteiger partial charge is 0.361 e. The summed E-state index contributed by atoms with van der Waals surface area (Å²) < 4.78 is 10.1. The highest BCUT2D eigenvalue weighted by Crippen LogP contribution is 2.12. The first kappa shape index (κ1) is 15.2. The van der Waals surface area contributed by atoms with Crippen LogP contribution >= 0.6 is 0 Å². The molecule has 2 heterocycles. The van der Waals surface area contributed by atoms with Crippen molar-refractivity contribution in [2.45, 2.75) is 47.1 Å². The van der Waals surface area contributed by atoms with Gasteiger partial charge in [0, 0.05) is 12.0 Å². The molecular weight excluding hydrogens is 272 g/mol. The first-order valence-electron chi connectivity index (χ1n) is 6.95. The molecule has 2 aromatic heterocycles. The molecule has 21 heavy (non-hydrogen) atoms. The SMILES string of the molecule is Cc1noc(C)c1CC(=O)NCc1nc(CC(C)C)no1. The smallest absolute Gasteiger partial charge is 0.246 e. The number of carbonyl (C=O) groups is 1. The van der Waals surface area contributed by atoms with Gasteiger partial charge in [-0.05, 0) is 19.8 Å². The molecule has 7 heteroatoms. The van der Waals surface area contributed by atoms with Crippen LogP contribution in [0.1, 0.15) is 42.6 Å². The molecule has 1 amide bonds. The highest BCUT2D eigenvalue weighted by atomic mass is 16.5. The van der Waals surface area contributed by atoms with Crippen LogP contribution < -0.4 is 5.32 Å². The van der Waals surface area contributed by atoms with Gasteiger partial charge >= 0.3 is 0 Å². The number of rotatable bonds is 6. The van der Waals surface area contributed by atoms with Gasteiger partial charge in [0.2, 0.25) is 11.8 Å². The van der Waals surface area contributed by atoms with Gasteiger partial charge in [0.1, 0.15) is 5.76 Å². The molecule has 0 fully saturated rings. The Morgan fingerprint density at radius 3 is 2.62 bits per heavy atom. The molecule has 0 radical (unpaired) electrons. The van der Waals surface area contributed by atoms with E-state index in [4.69, 9.17) is 9.05 Å². The maximum absolute atomic E-state index is 11.9. The predicted octanol–water partition coefficient (Wildman–Crippen LogP) is 1.73. The van der Waals surface area contributed by atoms with E-state index >= 15 is 0 Å². The fourth-order valence-corrected chi connectivity index (χ4v) is 1.96. The Labute approximate surface area is 123 Å². The summed E-state index contributed by atoms with van der Waals surface area (Å²) in [5.74, 6) is 2.08. The van der Waals surface area contributed by atoms with Gasteiger partial charge in [-0.1, -0.05) is 24.2 Å². The first-order valence-corrected chi connectivity index (χ1v) is 6.95. The Bertz CT molecular complexity index is 596. The van der Waals surface area contributed by atoms with Crippen LogP contribution in [0.2, 0.25) is 0 Å². The van der Waals surface area contributed by atoms with E-state index in [1.54, 1.807) is 6.92 Å². The first-order chi connectivity index (χ1) is 9.95. The third-order valence-corrected chi connectivity index (χ3v) is 3.06. The molecule has 0 saturated carbocycles. The second-order valence-corrected chi connectivity index (χ2v) is 5.46. The topological polar surface area (TPSA) is 94.1 Å². The van der Waals surface area contributed by atoms with E-state index in [9.17, 15) is 4.79 Å². The van der Waals surface area contributed by atoms with E-state index in [1.807, 2.05) is 6.92 Å². The molecule has 0 saturated heterocycles. The van der Waals surface area contributed by atoms with Crippen molar-refractivity contribution in [2.24, 2.45) is 5.92 Å². The molecule has 2 aromatic rings. The van der Waals surface area contributed by atoms with E-state index < -0.39 is 0 Å². The van der Waals surface area contributed by atoms with Crippen molar-refractivity contribution >= 4 is 5.91 Å². The van der Waals surface area contributed by atoms with Gasteiger partial charge < -0.3 is 14.4 Å². The summed E-state index contributed by atoms with van der Waals surface area (Å²) in [5.41, 5.74) is 1.55. The second kappa shape index (κ2) is 6.51. The summed E-state index contributed by atoms with van der Waals surface area (Å²) in [6.07, 6.45) is 0.991. The van der Waals surface area contributed by atoms with Gasteiger partial charge in [0.25, 0.3) is 0 Å². The van der Waals surface area contributed by atoms with Gasteiger partial charge in [0.05, 0.1) is 18.7 Å². The van der Waals surface area contributed by atoms with Crippen molar-refractivity contribution in [1.29, 1.82) is 0 Å². The minimum atomic E-state index is -0.131. The lowest BCUT2D eigenvalue weighted by Gasteiger charge is -2.01. The van der Waals surface area contributed by atoms with Crippen molar-refractivity contribution < 1.29 is 13.8 Å². The van der Waals surface area contributed by atoms with Crippen LogP contribution in [0.4, 0.5) is 0 Å². The van der Waals surface area contributed by atoms with Crippen LogP contribution in [0.3, 0.4) is 0 Å². The minimum absolute atomic E-state index is 0.131. The van der Waals surface area contributed by atoms with Gasteiger partial charge in [-0.25, -0.2) is 0 Å². The van der Waals surface area contributed by atoms with E-state index in [2.05, 4.69) is 34.5 Å². The highest BCUT2D eigenvalue weighted by molar-refractivity contribution is 5.78. The molecule has 2 rings (SSSR count). The Balaban J connectivity index is 1.85. The van der Waals surface area contributed by atoms with Gasteiger partial charge in [-0.2, -0.15) is 4.98 Å². The number of nitrogens with zero attached hydrogens (tertiary/aromatic N) is 3. The lowest BCUT2D eigenvalue weighted by atomic mass is 10.1. The standard InChI is InChI=1S/C14H20N4O3/c1-8(2)5-12-16-14(21-18-12)7-15-13(19)6-11-9(3)17-20-10(11)4/h8H,5-7H2,1-4H3,(H,15,19). The molecule has 0 aliphatic carbocycles. The normalized spacial score (nSPS) is 11.1. The highest BCUT2D eigenvalue weighted by Gasteiger charge is 2.14. The molecule has 0 bridgehead atoms. The van der Waals surface area contributed by atoms with Crippen molar-refractivity contribution in [1.82, 2.24) is 20.6 Å². The number of hydrogen-bond donors (Lipinski definition) is 1. The summed E-state index contributed by atoms with van der Waals surface area (Å²) in [6, 6.07) is 0. The van der Waals surface area contributed by atoms with E-state index in [0.717, 1.165) is 17.7 Å². The Morgan fingerprint density at radius 1 is 1.24 bits per heavy atom. The fraction of sp³-hybridized carbons (Fsp3) is 0.571. The monoisotopic (exact) mass is 292 g/mol. The molecule has 7 nitrogen and oxygen atoms in total. The average molecular weight is 292 g/mol. The van der Waals surface area contributed by atoms with Gasteiger partial charge in [-0.15, -0.1) is 0 Å². The second-order valence-electron chi connectivity index (χ2n) is 5.46. The summed E-state index contributed by atoms with van der Waals surface area (Å²) in [6.45, 7) is 8.00. The van der Waals surface area contributed by atoms with Gasteiger partial charge in [0.15, 0.2) is 5.82 Å². The van der Waals surface area contributed by atoms with Crippen molar-refractivity contribution in [3.8, 4) is 0 Å². The summed E-state index contributed by atoms with van der Waals surface area (Å²) in [5, 5.41) is 10.5. The van der Waals surface area contributed by atoms with Crippen LogP contribution in [-0.2, 0) is 24.2 Å². The minimum Gasteiger partial charge on any atom is -0.361 e. The number of aromatic nitrogens is 3. The zero-order chi connectivity index (χ0) is 15.4. The third-order valence-electron chi connectivity index (χ3n) is 3.06. The van der Waals surface area contributed by atoms with Crippen molar-refractivity contribution in [2.75, 3.05) is 0 Å². The molecule has 0 aliphatic rings. The fourth-order valence-electron chi connectivity index (χ4n) is 1.96. The molecule has 1 N–H and O–H groups in total. The molecular formula is C14H20N4O3. The Morgan fingerprint density at radius 2 is 2.00 bits per heavy atom. The quantitative estimate of drug-likeness (QED) is 0.871. The van der Waals surface area contributed by atoms with Crippen LogP contribution in [0.25, 0.3) is 0 Å². The van der Waals surface area contributed by atoms with Crippen LogP contribution in [0, 0.1) is 19.8 Å². The molecule has 114 valence electrons. The summed E-state index contributed by atoms with van der Waals surface area (Å²) >= 11 is 0. The number of carbonyl (C=O) groups excluding carboxylic acids is 1. The van der Waals surface area contributed by atoms with Crippen molar-refractivity contribution in [3.05, 3.63) is 28.7 Å². The molecule has 0 spiro atoms. The molecule has 0 atom stereocenters. The third kappa shape index (κ3) is 4.14. The predicted molar refractivity (Wildman–Crippen MR) is 74.4 cm³/mol. The van der Waals surface area contributed by atoms with E-state index in [0.29, 0.717) is 23.4 Å². The lowest BCUT2D eigenvalue weighted by Crippen LogP contribution is -2.25. The molecule has 0 aliphatic heterocycles. The van der Waals surface area contributed by atoms with Crippen LogP contribution in [0.15, 0.2) is 9.05 Å².